The van der Waals surface area contributed by atoms with E-state index in [2.05, 4.69) is 5.32 Å². The molecule has 1 atom stereocenters. The predicted octanol–water partition coefficient (Wildman–Crippen LogP) is 4.05. The molecule has 0 bridgehead atoms. The molecule has 2 aromatic rings. The zero-order chi connectivity index (χ0) is 25.1. The second-order valence-electron chi connectivity index (χ2n) is 8.38. The van der Waals surface area contributed by atoms with Gasteiger partial charge < -0.3 is 19.5 Å². The molecule has 1 unspecified atom stereocenters. The molecule has 0 aromatic heterocycles. The zero-order valence-corrected chi connectivity index (χ0v) is 20.5. The molecular formula is C25H29NO7S. The van der Waals surface area contributed by atoms with Gasteiger partial charge in [-0.1, -0.05) is 54.2 Å². The van der Waals surface area contributed by atoms with Crippen LogP contribution in [0.4, 0.5) is 4.79 Å². The third-order valence-electron chi connectivity index (χ3n) is 4.17. The van der Waals surface area contributed by atoms with Crippen molar-refractivity contribution in [3.8, 4) is 5.75 Å². The van der Waals surface area contributed by atoms with Gasteiger partial charge in [0.15, 0.2) is 5.12 Å². The highest BCUT2D eigenvalue weighted by atomic mass is 32.2. The molecule has 1 N–H and O–H groups in total. The Hall–Kier alpha value is -3.33. The van der Waals surface area contributed by atoms with Crippen LogP contribution in [-0.2, 0) is 36.9 Å². The largest absolute Gasteiger partial charge is 0.514 e. The van der Waals surface area contributed by atoms with E-state index in [0.29, 0.717) is 0 Å². The van der Waals surface area contributed by atoms with Gasteiger partial charge in [0.25, 0.3) is 0 Å². The number of carbonyl (C=O) groups excluding carboxylic acids is 4. The van der Waals surface area contributed by atoms with Crippen LogP contribution in [0.3, 0.4) is 0 Å². The fourth-order valence-corrected chi connectivity index (χ4v) is 3.66. The Morgan fingerprint density at radius 3 is 2.18 bits per heavy atom. The first kappa shape index (κ1) is 26.9. The number of rotatable bonds is 9. The number of amides is 1. The highest BCUT2D eigenvalue weighted by molar-refractivity contribution is 8.14. The highest BCUT2D eigenvalue weighted by Crippen LogP contribution is 2.20. The lowest BCUT2D eigenvalue weighted by Crippen LogP contribution is -2.39. The molecule has 2 rings (SSSR count). The van der Waals surface area contributed by atoms with Gasteiger partial charge in [-0.05, 0) is 50.5 Å². The normalized spacial score (nSPS) is 11.8. The molecule has 0 aliphatic carbocycles. The highest BCUT2D eigenvalue weighted by Gasteiger charge is 2.24. The van der Waals surface area contributed by atoms with E-state index in [0.717, 1.165) is 22.9 Å². The van der Waals surface area contributed by atoms with Gasteiger partial charge in [0.05, 0.1) is 5.25 Å². The number of esters is 1. The van der Waals surface area contributed by atoms with Crippen molar-refractivity contribution in [2.24, 2.45) is 0 Å². The van der Waals surface area contributed by atoms with Crippen LogP contribution in [0.25, 0.3) is 0 Å². The second-order valence-corrected chi connectivity index (χ2v) is 9.76. The molecule has 0 radical (unpaired) electrons. The molecule has 0 heterocycles. The van der Waals surface area contributed by atoms with Gasteiger partial charge in [-0.25, -0.2) is 4.79 Å². The smallest absolute Gasteiger partial charge is 0.459 e. The van der Waals surface area contributed by atoms with Crippen LogP contribution in [0.5, 0.6) is 5.75 Å². The van der Waals surface area contributed by atoms with E-state index in [1.165, 1.54) is 6.92 Å². The fourth-order valence-electron chi connectivity index (χ4n) is 2.79. The van der Waals surface area contributed by atoms with Crippen molar-refractivity contribution in [2.75, 3.05) is 6.54 Å². The Morgan fingerprint density at radius 2 is 1.59 bits per heavy atom. The molecule has 0 saturated carbocycles. The monoisotopic (exact) mass is 487 g/mol. The van der Waals surface area contributed by atoms with Crippen LogP contribution in [0.2, 0.25) is 0 Å². The van der Waals surface area contributed by atoms with Crippen LogP contribution in [0, 0.1) is 0 Å². The Kier molecular flexibility index (Phi) is 10.1. The maximum Gasteiger partial charge on any atom is 0.514 e. The average molecular weight is 488 g/mol. The first-order valence-electron chi connectivity index (χ1n) is 10.7. The van der Waals surface area contributed by atoms with Gasteiger partial charge in [0.2, 0.25) is 5.91 Å². The Morgan fingerprint density at radius 1 is 0.941 bits per heavy atom. The summed E-state index contributed by atoms with van der Waals surface area (Å²) in [5.41, 5.74) is 0.928. The van der Waals surface area contributed by atoms with E-state index in [1.807, 2.05) is 30.3 Å². The van der Waals surface area contributed by atoms with Gasteiger partial charge in [0, 0.05) is 6.92 Å². The lowest BCUT2D eigenvalue weighted by atomic mass is 10.1. The first-order chi connectivity index (χ1) is 16.0. The number of benzene rings is 2. The SMILES string of the molecule is CC(=O)SC(Cc1ccc(OC(=O)OCc2ccccc2)cc1)C(=O)NCC(=O)OC(C)(C)C. The van der Waals surface area contributed by atoms with E-state index < -0.39 is 28.9 Å². The summed E-state index contributed by atoms with van der Waals surface area (Å²) < 4.78 is 15.4. The Balaban J connectivity index is 1.89. The van der Waals surface area contributed by atoms with E-state index >= 15 is 0 Å². The molecule has 0 aliphatic rings. The van der Waals surface area contributed by atoms with Gasteiger partial charge in [-0.3, -0.25) is 14.4 Å². The summed E-state index contributed by atoms with van der Waals surface area (Å²) in [5.74, 6) is -0.726. The molecule has 0 spiro atoms. The van der Waals surface area contributed by atoms with Crippen LogP contribution >= 0.6 is 11.8 Å². The third kappa shape index (κ3) is 10.5. The number of ether oxygens (including phenoxy) is 3. The molecule has 1 amide bonds. The number of thioether (sulfide) groups is 1. The number of hydrogen-bond donors (Lipinski definition) is 1. The lowest BCUT2D eigenvalue weighted by Gasteiger charge is -2.20. The van der Waals surface area contributed by atoms with E-state index in [1.54, 1.807) is 45.0 Å². The predicted molar refractivity (Wildman–Crippen MR) is 128 cm³/mol. The van der Waals surface area contributed by atoms with Crippen LogP contribution in [0.1, 0.15) is 38.8 Å². The van der Waals surface area contributed by atoms with Crippen molar-refractivity contribution >= 4 is 34.9 Å². The Labute approximate surface area is 203 Å². The summed E-state index contributed by atoms with van der Waals surface area (Å²) in [6, 6.07) is 15.8. The molecule has 9 heteroatoms. The first-order valence-corrected chi connectivity index (χ1v) is 11.5. The van der Waals surface area contributed by atoms with Crippen molar-refractivity contribution in [2.45, 2.75) is 51.6 Å². The number of hydrogen-bond acceptors (Lipinski definition) is 8. The molecule has 0 saturated heterocycles. The minimum absolute atomic E-state index is 0.0973. The van der Waals surface area contributed by atoms with Gasteiger partial charge in [-0.15, -0.1) is 0 Å². The molecule has 34 heavy (non-hydrogen) atoms. The minimum Gasteiger partial charge on any atom is -0.459 e. The molecule has 0 aliphatic heterocycles. The van der Waals surface area contributed by atoms with Gasteiger partial charge in [0.1, 0.15) is 24.5 Å². The topological polar surface area (TPSA) is 108 Å². The third-order valence-corrected chi connectivity index (χ3v) is 5.17. The standard InChI is InChI=1S/C25H29NO7S/c1-17(27)34-21(23(29)26-15-22(28)33-25(2,3)4)14-18-10-12-20(13-11-18)32-24(30)31-16-19-8-6-5-7-9-19/h5-13,21H,14-16H2,1-4H3,(H,26,29). The van der Waals surface area contributed by atoms with Crippen molar-refractivity contribution in [3.63, 3.8) is 0 Å². The number of nitrogens with one attached hydrogen (secondary N) is 1. The lowest BCUT2D eigenvalue weighted by molar-refractivity contribution is -0.154. The van der Waals surface area contributed by atoms with Crippen molar-refractivity contribution in [1.82, 2.24) is 5.32 Å². The summed E-state index contributed by atoms with van der Waals surface area (Å²) in [4.78, 5) is 48.0. The molecule has 8 nitrogen and oxygen atoms in total. The zero-order valence-electron chi connectivity index (χ0n) is 19.7. The maximum atomic E-state index is 12.6. The van der Waals surface area contributed by atoms with Gasteiger partial charge in [-0.2, -0.15) is 0 Å². The van der Waals surface area contributed by atoms with E-state index in [4.69, 9.17) is 14.2 Å². The minimum atomic E-state index is -0.830. The number of carbonyl (C=O) groups is 4. The summed E-state index contributed by atoms with van der Waals surface area (Å²) in [5, 5.41) is 1.57. The van der Waals surface area contributed by atoms with Crippen molar-refractivity contribution in [1.29, 1.82) is 0 Å². The van der Waals surface area contributed by atoms with Crippen molar-refractivity contribution < 1.29 is 33.4 Å². The van der Waals surface area contributed by atoms with Crippen molar-refractivity contribution in [3.05, 3.63) is 65.7 Å². The van der Waals surface area contributed by atoms with Crippen LogP contribution < -0.4 is 10.1 Å². The summed E-state index contributed by atoms with van der Waals surface area (Å²) in [6.07, 6.45) is -0.591. The summed E-state index contributed by atoms with van der Waals surface area (Å²) in [6.45, 7) is 6.38. The molecule has 0 fully saturated rings. The van der Waals surface area contributed by atoms with E-state index in [9.17, 15) is 19.2 Å². The second kappa shape index (κ2) is 12.8. The quantitative estimate of drug-likeness (QED) is 0.417. The Bertz CT molecular complexity index is 985. The van der Waals surface area contributed by atoms with Crippen LogP contribution in [-0.4, -0.2) is 40.5 Å². The molecule has 182 valence electrons. The summed E-state index contributed by atoms with van der Waals surface area (Å²) in [7, 11) is 0. The van der Waals surface area contributed by atoms with Crippen LogP contribution in [0.15, 0.2) is 54.6 Å². The average Bonchev–Trinajstić information content (AvgIpc) is 2.76. The maximum absolute atomic E-state index is 12.6. The van der Waals surface area contributed by atoms with E-state index in [-0.39, 0.29) is 30.4 Å². The molecular weight excluding hydrogens is 458 g/mol. The fraction of sp³-hybridized carbons (Fsp3) is 0.360. The van der Waals surface area contributed by atoms with Gasteiger partial charge >= 0.3 is 12.1 Å². The molecule has 2 aromatic carbocycles. The summed E-state index contributed by atoms with van der Waals surface area (Å²) >= 11 is 0.878.